The Labute approximate surface area is 216 Å². The second-order valence-corrected chi connectivity index (χ2v) is 9.78. The van der Waals surface area contributed by atoms with E-state index in [0.29, 0.717) is 0 Å². The van der Waals surface area contributed by atoms with Crippen LogP contribution in [0.15, 0.2) is 70.6 Å². The number of aryl methyl sites for hydroxylation is 4. The molecule has 2 aromatic carbocycles. The highest BCUT2D eigenvalue weighted by molar-refractivity contribution is 5.82. The topological polar surface area (TPSA) is 69.0 Å². The maximum absolute atomic E-state index is 6.40. The van der Waals surface area contributed by atoms with Gasteiger partial charge in [0.1, 0.15) is 11.4 Å². The van der Waals surface area contributed by atoms with Crippen molar-refractivity contribution in [3.05, 3.63) is 106 Å². The number of rotatable bonds is 4. The van der Waals surface area contributed by atoms with E-state index in [9.17, 15) is 0 Å². The van der Waals surface area contributed by atoms with E-state index < -0.39 is 6.29 Å². The summed E-state index contributed by atoms with van der Waals surface area (Å²) < 4.78 is 12.8. The first-order valence-electron chi connectivity index (χ1n) is 12.5. The lowest BCUT2D eigenvalue weighted by Crippen LogP contribution is -2.35. The van der Waals surface area contributed by atoms with E-state index in [1.165, 1.54) is 0 Å². The van der Waals surface area contributed by atoms with Crippen LogP contribution in [0.4, 0.5) is 11.4 Å². The van der Waals surface area contributed by atoms with Crippen molar-refractivity contribution in [2.24, 2.45) is 9.98 Å². The average molecular weight is 489 g/mol. The maximum Gasteiger partial charge on any atom is 0.242 e. The number of aromatic nitrogens is 2. The molecule has 0 saturated carbocycles. The summed E-state index contributed by atoms with van der Waals surface area (Å²) in [7, 11) is 0. The van der Waals surface area contributed by atoms with E-state index >= 15 is 0 Å². The molecule has 4 heterocycles. The predicted molar refractivity (Wildman–Crippen MR) is 146 cm³/mol. The average Bonchev–Trinajstić information content (AvgIpc) is 2.87. The van der Waals surface area contributed by atoms with Gasteiger partial charge in [-0.05, 0) is 75.2 Å². The van der Waals surface area contributed by atoms with Crippen LogP contribution in [0.3, 0.4) is 0 Å². The number of benzene rings is 2. The van der Waals surface area contributed by atoms with Crippen molar-refractivity contribution >= 4 is 23.8 Å². The van der Waals surface area contributed by atoms with Gasteiger partial charge in [0, 0.05) is 34.9 Å². The molecule has 2 bridgehead atoms. The second-order valence-electron chi connectivity index (χ2n) is 9.78. The van der Waals surface area contributed by atoms with Crippen molar-refractivity contribution in [3.8, 4) is 11.5 Å². The maximum atomic E-state index is 6.40. The molecule has 0 unspecified atom stereocenters. The van der Waals surface area contributed by atoms with Gasteiger partial charge < -0.3 is 9.47 Å². The van der Waals surface area contributed by atoms with Crippen LogP contribution in [-0.4, -0.2) is 28.7 Å². The van der Waals surface area contributed by atoms with E-state index in [4.69, 9.17) is 19.5 Å². The van der Waals surface area contributed by atoms with Crippen LogP contribution >= 0.6 is 0 Å². The third-order valence-corrected chi connectivity index (χ3v) is 6.65. The Balaban J connectivity index is 1.41. The number of hydrogen-bond acceptors (Lipinski definition) is 6. The molecule has 184 valence electrons. The SMILES string of the molecule is Cc1cc(N=Cc2cccc(C)n2)c2c(c1)C1CC(O2)Oc2c(N=Cc3cccc(C)n3)cc(C)cc21. The summed E-state index contributed by atoms with van der Waals surface area (Å²) in [4.78, 5) is 18.6. The molecule has 2 aliphatic rings. The Morgan fingerprint density at radius 2 is 1.19 bits per heavy atom. The Hall–Kier alpha value is -4.32. The summed E-state index contributed by atoms with van der Waals surface area (Å²) >= 11 is 0. The zero-order valence-electron chi connectivity index (χ0n) is 21.4. The molecule has 0 saturated heterocycles. The van der Waals surface area contributed by atoms with Gasteiger partial charge >= 0.3 is 0 Å². The molecule has 0 atom stereocenters. The minimum Gasteiger partial charge on any atom is -0.452 e. The van der Waals surface area contributed by atoms with Gasteiger partial charge in [0.15, 0.2) is 11.5 Å². The van der Waals surface area contributed by atoms with Crippen LogP contribution in [-0.2, 0) is 0 Å². The van der Waals surface area contributed by atoms with Crippen LogP contribution in [0.25, 0.3) is 0 Å². The second kappa shape index (κ2) is 9.28. The van der Waals surface area contributed by atoms with E-state index in [-0.39, 0.29) is 5.92 Å². The lowest BCUT2D eigenvalue weighted by Gasteiger charge is -2.39. The van der Waals surface area contributed by atoms with Crippen molar-refractivity contribution in [1.82, 2.24) is 9.97 Å². The monoisotopic (exact) mass is 488 g/mol. The van der Waals surface area contributed by atoms with Crippen molar-refractivity contribution in [2.75, 3.05) is 0 Å². The number of aliphatic imine (C=N–C) groups is 2. The smallest absolute Gasteiger partial charge is 0.242 e. The lowest BCUT2D eigenvalue weighted by molar-refractivity contribution is -0.0255. The van der Waals surface area contributed by atoms with E-state index in [1.54, 1.807) is 12.4 Å². The summed E-state index contributed by atoms with van der Waals surface area (Å²) in [6.07, 6.45) is 3.92. The predicted octanol–water partition coefficient (Wildman–Crippen LogP) is 6.84. The van der Waals surface area contributed by atoms with Crippen LogP contribution in [0, 0.1) is 27.7 Å². The van der Waals surface area contributed by atoms with Gasteiger partial charge in [-0.25, -0.2) is 0 Å². The molecule has 0 fully saturated rings. The number of pyridine rings is 2. The fraction of sp³-hybridized carbons (Fsp3) is 0.226. The van der Waals surface area contributed by atoms with Gasteiger partial charge in [0.25, 0.3) is 0 Å². The van der Waals surface area contributed by atoms with Crippen molar-refractivity contribution < 1.29 is 9.47 Å². The van der Waals surface area contributed by atoms with Crippen LogP contribution in [0.1, 0.15) is 57.4 Å². The normalized spacial score (nSPS) is 17.8. The molecule has 0 radical (unpaired) electrons. The molecule has 37 heavy (non-hydrogen) atoms. The molecule has 4 aromatic rings. The van der Waals surface area contributed by atoms with Crippen LogP contribution in [0.2, 0.25) is 0 Å². The highest BCUT2D eigenvalue weighted by Gasteiger charge is 2.39. The molecule has 2 aliphatic heterocycles. The standard InChI is InChI=1S/C31H28N4O2/c1-18-11-25-24-15-29(36-30(25)27(13-18)32-16-22-9-5-7-20(3)34-22)37-31-26(24)12-19(2)14-28(31)33-17-23-10-6-8-21(4)35-23/h5-14,16-17,24,29H,15H2,1-4H3. The zero-order chi connectivity index (χ0) is 25.5. The molecular weight excluding hydrogens is 460 g/mol. The molecule has 6 heteroatoms. The number of fused-ring (bicyclic) bond motifs is 6. The third kappa shape index (κ3) is 4.62. The number of ether oxygens (including phenoxy) is 2. The van der Waals surface area contributed by atoms with Gasteiger partial charge in [-0.15, -0.1) is 0 Å². The first-order chi connectivity index (χ1) is 17.9. The van der Waals surface area contributed by atoms with E-state index in [0.717, 1.165) is 74.3 Å². The molecule has 2 aromatic heterocycles. The van der Waals surface area contributed by atoms with E-state index in [1.807, 2.05) is 62.4 Å². The van der Waals surface area contributed by atoms with Gasteiger partial charge in [0.2, 0.25) is 6.29 Å². The van der Waals surface area contributed by atoms with Crippen LogP contribution in [0.5, 0.6) is 11.5 Å². The largest absolute Gasteiger partial charge is 0.452 e. The Kier molecular flexibility index (Phi) is 5.80. The van der Waals surface area contributed by atoms with Gasteiger partial charge in [-0.1, -0.05) is 24.3 Å². The van der Waals surface area contributed by atoms with Crippen molar-refractivity contribution in [2.45, 2.75) is 46.3 Å². The molecule has 6 rings (SSSR count). The first-order valence-corrected chi connectivity index (χ1v) is 12.5. The Morgan fingerprint density at radius 1 is 0.703 bits per heavy atom. The quantitative estimate of drug-likeness (QED) is 0.295. The fourth-order valence-electron chi connectivity index (χ4n) is 5.07. The minimum absolute atomic E-state index is 0.134. The molecule has 6 nitrogen and oxygen atoms in total. The molecule has 0 aliphatic carbocycles. The van der Waals surface area contributed by atoms with Crippen molar-refractivity contribution in [1.29, 1.82) is 0 Å². The molecule has 0 amide bonds. The molecule has 0 spiro atoms. The fourth-order valence-corrected chi connectivity index (χ4v) is 5.07. The van der Waals surface area contributed by atoms with Gasteiger partial charge in [-0.3, -0.25) is 20.0 Å². The third-order valence-electron chi connectivity index (χ3n) is 6.65. The zero-order valence-corrected chi connectivity index (χ0v) is 21.4. The summed E-state index contributed by atoms with van der Waals surface area (Å²) in [6.45, 7) is 8.14. The minimum atomic E-state index is -0.410. The molecule has 0 N–H and O–H groups in total. The van der Waals surface area contributed by atoms with Gasteiger partial charge in [-0.2, -0.15) is 0 Å². The van der Waals surface area contributed by atoms with E-state index in [2.05, 4.69) is 35.9 Å². The van der Waals surface area contributed by atoms with Gasteiger partial charge in [0.05, 0.1) is 23.8 Å². The Bertz CT molecular complexity index is 1460. The van der Waals surface area contributed by atoms with Crippen LogP contribution < -0.4 is 9.47 Å². The highest BCUT2D eigenvalue weighted by Crippen LogP contribution is 2.53. The first kappa shape index (κ1) is 23.1. The summed E-state index contributed by atoms with van der Waals surface area (Å²) in [5.41, 5.74) is 9.65. The number of nitrogens with zero attached hydrogens (tertiary/aromatic N) is 4. The highest BCUT2D eigenvalue weighted by atomic mass is 16.7. The number of hydrogen-bond donors (Lipinski definition) is 0. The molecular formula is C31H28N4O2. The van der Waals surface area contributed by atoms with Crippen molar-refractivity contribution in [3.63, 3.8) is 0 Å². The summed E-state index contributed by atoms with van der Waals surface area (Å²) in [5.74, 6) is 1.68. The summed E-state index contributed by atoms with van der Waals surface area (Å²) in [5, 5.41) is 0. The lowest BCUT2D eigenvalue weighted by atomic mass is 9.82. The Morgan fingerprint density at radius 3 is 1.65 bits per heavy atom. The summed E-state index contributed by atoms with van der Waals surface area (Å²) in [6, 6.07) is 20.3.